The van der Waals surface area contributed by atoms with Gasteiger partial charge < -0.3 is 0 Å². The zero-order valence-electron chi connectivity index (χ0n) is 14.2. The Morgan fingerprint density at radius 2 is 1.87 bits per heavy atom. The number of fused-ring (bicyclic) bond motifs is 5. The highest BCUT2D eigenvalue weighted by Crippen LogP contribution is 2.66. The van der Waals surface area contributed by atoms with Gasteiger partial charge in [-0.2, -0.15) is 13.2 Å². The van der Waals surface area contributed by atoms with E-state index in [9.17, 15) is 13.2 Å². The summed E-state index contributed by atoms with van der Waals surface area (Å²) in [5.74, 6) is 1.48. The number of halogens is 3. The van der Waals surface area contributed by atoms with Crippen molar-refractivity contribution in [3.63, 3.8) is 0 Å². The standard InChI is InChI=1S/C20H29F3/c1-18-10-3-2-5-14(18)7-8-15-16(18)9-12-19(13-20(21,22)23)11-4-6-17(15)19/h7,15-17H,2-6,8-13H2,1H3/t15-,16+,17+,18+,19+/m1/s1. The molecule has 4 aliphatic carbocycles. The van der Waals surface area contributed by atoms with Gasteiger partial charge in [0.15, 0.2) is 0 Å². The molecule has 0 aromatic carbocycles. The van der Waals surface area contributed by atoms with Crippen LogP contribution >= 0.6 is 0 Å². The van der Waals surface area contributed by atoms with Crippen LogP contribution in [0, 0.1) is 28.6 Å². The summed E-state index contributed by atoms with van der Waals surface area (Å²) in [5, 5.41) is 0. The summed E-state index contributed by atoms with van der Waals surface area (Å²) in [7, 11) is 0. The Bertz CT molecular complexity index is 506. The molecule has 0 unspecified atom stereocenters. The van der Waals surface area contributed by atoms with Crippen molar-refractivity contribution in [1.29, 1.82) is 0 Å². The van der Waals surface area contributed by atoms with E-state index < -0.39 is 18.0 Å². The number of alkyl halides is 3. The van der Waals surface area contributed by atoms with E-state index in [-0.39, 0.29) is 0 Å². The molecule has 0 spiro atoms. The molecule has 0 saturated heterocycles. The van der Waals surface area contributed by atoms with Crippen molar-refractivity contribution in [3.8, 4) is 0 Å². The number of rotatable bonds is 1. The van der Waals surface area contributed by atoms with Crippen molar-refractivity contribution < 1.29 is 13.2 Å². The molecule has 3 fully saturated rings. The minimum Gasteiger partial charge on any atom is -0.171 e. The van der Waals surface area contributed by atoms with Crippen molar-refractivity contribution in [1.82, 2.24) is 0 Å². The lowest BCUT2D eigenvalue weighted by Gasteiger charge is -2.57. The Morgan fingerprint density at radius 3 is 2.65 bits per heavy atom. The maximum Gasteiger partial charge on any atom is 0.389 e. The molecule has 23 heavy (non-hydrogen) atoms. The molecule has 0 aliphatic heterocycles. The molecule has 5 atom stereocenters. The van der Waals surface area contributed by atoms with E-state index in [1.54, 1.807) is 5.57 Å². The van der Waals surface area contributed by atoms with Gasteiger partial charge in [-0.15, -0.1) is 0 Å². The van der Waals surface area contributed by atoms with E-state index in [0.717, 1.165) is 38.5 Å². The van der Waals surface area contributed by atoms with Gasteiger partial charge in [-0.05, 0) is 80.0 Å². The Hall–Kier alpha value is -0.470. The first-order chi connectivity index (χ1) is 10.8. The van der Waals surface area contributed by atoms with E-state index in [1.807, 2.05) is 0 Å². The van der Waals surface area contributed by atoms with Crippen LogP contribution in [0.15, 0.2) is 11.6 Å². The zero-order chi connectivity index (χ0) is 16.3. The summed E-state index contributed by atoms with van der Waals surface area (Å²) in [4.78, 5) is 0. The van der Waals surface area contributed by atoms with Crippen LogP contribution in [0.25, 0.3) is 0 Å². The monoisotopic (exact) mass is 326 g/mol. The minimum absolute atomic E-state index is 0.300. The SMILES string of the molecule is C[C@]12CCCCC1=CC[C@H]1[C@@H]3CCC[C@@]3(CC(F)(F)F)CC[C@@H]12. The summed E-state index contributed by atoms with van der Waals surface area (Å²) in [6.45, 7) is 2.43. The van der Waals surface area contributed by atoms with Crippen LogP contribution in [-0.2, 0) is 0 Å². The van der Waals surface area contributed by atoms with Gasteiger partial charge in [-0.3, -0.25) is 0 Å². The van der Waals surface area contributed by atoms with E-state index in [1.165, 1.54) is 25.7 Å². The second-order valence-corrected chi connectivity index (χ2v) is 9.05. The molecule has 0 bridgehead atoms. The molecule has 4 aliphatic rings. The van der Waals surface area contributed by atoms with Gasteiger partial charge in [-0.25, -0.2) is 0 Å². The van der Waals surface area contributed by atoms with Gasteiger partial charge in [0.25, 0.3) is 0 Å². The smallest absolute Gasteiger partial charge is 0.171 e. The third-order valence-electron chi connectivity index (χ3n) is 8.10. The minimum atomic E-state index is -4.00. The molecule has 0 aromatic heterocycles. The summed E-state index contributed by atoms with van der Waals surface area (Å²) < 4.78 is 39.7. The molecule has 3 saturated carbocycles. The van der Waals surface area contributed by atoms with E-state index in [4.69, 9.17) is 0 Å². The van der Waals surface area contributed by atoms with Crippen LogP contribution in [-0.4, -0.2) is 6.18 Å². The van der Waals surface area contributed by atoms with E-state index in [0.29, 0.717) is 23.2 Å². The van der Waals surface area contributed by atoms with Crippen LogP contribution in [0.4, 0.5) is 13.2 Å². The number of allylic oxidation sites excluding steroid dienone is 2. The molecule has 0 nitrogen and oxygen atoms in total. The van der Waals surface area contributed by atoms with Crippen LogP contribution < -0.4 is 0 Å². The van der Waals surface area contributed by atoms with Gasteiger partial charge >= 0.3 is 6.18 Å². The largest absolute Gasteiger partial charge is 0.389 e. The van der Waals surface area contributed by atoms with Crippen LogP contribution in [0.5, 0.6) is 0 Å². The second-order valence-electron chi connectivity index (χ2n) is 9.05. The zero-order valence-corrected chi connectivity index (χ0v) is 14.2. The van der Waals surface area contributed by atoms with E-state index in [2.05, 4.69) is 13.0 Å². The lowest BCUT2D eigenvalue weighted by molar-refractivity contribution is -0.178. The Labute approximate surface area is 137 Å². The highest BCUT2D eigenvalue weighted by Gasteiger charge is 2.59. The maximum absolute atomic E-state index is 13.2. The molecule has 130 valence electrons. The fraction of sp³-hybridized carbons (Fsp3) is 0.900. The van der Waals surface area contributed by atoms with Gasteiger partial charge in [0.05, 0.1) is 0 Å². The highest BCUT2D eigenvalue weighted by molar-refractivity contribution is 5.24. The molecular weight excluding hydrogens is 297 g/mol. The van der Waals surface area contributed by atoms with Crippen molar-refractivity contribution in [2.24, 2.45) is 28.6 Å². The summed E-state index contributed by atoms with van der Waals surface area (Å²) in [6, 6.07) is 0. The molecule has 0 radical (unpaired) electrons. The summed E-state index contributed by atoms with van der Waals surface area (Å²) in [6.07, 6.45) is 8.80. The molecular formula is C20H29F3. The average Bonchev–Trinajstić information content (AvgIpc) is 2.88. The first kappa shape index (κ1) is 16.0. The van der Waals surface area contributed by atoms with Gasteiger partial charge in [0.1, 0.15) is 0 Å². The fourth-order valence-electron chi connectivity index (χ4n) is 7.20. The predicted octanol–water partition coefficient (Wildman–Crippen LogP) is 6.66. The second kappa shape index (κ2) is 5.26. The number of hydrogen-bond acceptors (Lipinski definition) is 0. The molecule has 0 aromatic rings. The summed E-state index contributed by atoms with van der Waals surface area (Å²) in [5.41, 5.74) is 1.52. The lowest BCUT2D eigenvalue weighted by Crippen LogP contribution is -2.49. The fourth-order valence-corrected chi connectivity index (χ4v) is 7.20. The molecule has 0 heterocycles. The molecule has 0 amide bonds. The molecule has 4 rings (SSSR count). The quantitative estimate of drug-likeness (QED) is 0.472. The third-order valence-corrected chi connectivity index (χ3v) is 8.10. The van der Waals surface area contributed by atoms with Crippen molar-refractivity contribution in [3.05, 3.63) is 11.6 Å². The summed E-state index contributed by atoms with van der Waals surface area (Å²) >= 11 is 0. The Morgan fingerprint density at radius 1 is 1.04 bits per heavy atom. The maximum atomic E-state index is 13.2. The van der Waals surface area contributed by atoms with Gasteiger partial charge in [-0.1, -0.05) is 31.4 Å². The highest BCUT2D eigenvalue weighted by atomic mass is 19.4. The normalized spacial score (nSPS) is 46.6. The first-order valence-electron chi connectivity index (χ1n) is 9.60. The van der Waals surface area contributed by atoms with Gasteiger partial charge in [0, 0.05) is 6.42 Å². The molecule has 0 N–H and O–H groups in total. The van der Waals surface area contributed by atoms with Crippen molar-refractivity contribution in [2.45, 2.75) is 83.7 Å². The average molecular weight is 326 g/mol. The van der Waals surface area contributed by atoms with Crippen molar-refractivity contribution in [2.75, 3.05) is 0 Å². The first-order valence-corrected chi connectivity index (χ1v) is 9.60. The Balaban J connectivity index is 1.65. The van der Waals surface area contributed by atoms with E-state index >= 15 is 0 Å². The topological polar surface area (TPSA) is 0 Å². The lowest BCUT2D eigenvalue weighted by atomic mass is 9.47. The van der Waals surface area contributed by atoms with Gasteiger partial charge in [0.2, 0.25) is 0 Å². The van der Waals surface area contributed by atoms with Crippen molar-refractivity contribution >= 4 is 0 Å². The molecule has 3 heteroatoms. The van der Waals surface area contributed by atoms with Crippen LogP contribution in [0.2, 0.25) is 0 Å². The Kier molecular flexibility index (Phi) is 3.67. The number of hydrogen-bond donors (Lipinski definition) is 0. The third kappa shape index (κ3) is 2.48. The predicted molar refractivity (Wildman–Crippen MR) is 85.9 cm³/mol. The van der Waals surface area contributed by atoms with Crippen LogP contribution in [0.3, 0.4) is 0 Å². The van der Waals surface area contributed by atoms with Crippen LogP contribution in [0.1, 0.15) is 77.6 Å².